The quantitative estimate of drug-likeness (QED) is 0.339. The molecule has 2 atom stereocenters. The fourth-order valence-corrected chi connectivity index (χ4v) is 5.17. The molecule has 0 spiro atoms. The minimum absolute atomic E-state index is 0.0375. The zero-order valence-electron chi connectivity index (χ0n) is 22.2. The van der Waals surface area contributed by atoms with Crippen molar-refractivity contribution in [2.75, 3.05) is 4.90 Å². The van der Waals surface area contributed by atoms with E-state index in [4.69, 9.17) is 4.74 Å². The lowest BCUT2D eigenvalue weighted by Gasteiger charge is -2.40. The minimum atomic E-state index is -1.28. The van der Waals surface area contributed by atoms with E-state index in [-0.39, 0.29) is 41.3 Å². The van der Waals surface area contributed by atoms with Crippen LogP contribution in [0.25, 0.3) is 0 Å². The lowest BCUT2D eigenvalue weighted by atomic mass is 9.84. The predicted octanol–water partition coefficient (Wildman–Crippen LogP) is 5.48. The number of hydrogen-bond donors (Lipinski definition) is 4. The largest absolute Gasteiger partial charge is 0.508 e. The number of carboxylic acids is 1. The number of carboxylic acid groups (broad SMARTS) is 1. The number of aromatic hydroxyl groups is 2. The third-order valence-corrected chi connectivity index (χ3v) is 7.43. The van der Waals surface area contributed by atoms with Gasteiger partial charge in [-0.2, -0.15) is 0 Å². The fourth-order valence-electron chi connectivity index (χ4n) is 5.17. The fraction of sp³-hybridized carbons (Fsp3) is 0.400. The number of nitrogens with zero attached hydrogens (tertiary/aromatic N) is 1. The number of benzene rings is 2. The number of phenols is 2. The second-order valence-electron chi connectivity index (χ2n) is 10.6. The van der Waals surface area contributed by atoms with Crippen molar-refractivity contribution in [1.82, 2.24) is 0 Å². The number of rotatable bonds is 8. The number of carbonyl (C=O) groups excluding carboxylic acids is 1. The van der Waals surface area contributed by atoms with Gasteiger partial charge in [0.25, 0.3) is 5.91 Å². The van der Waals surface area contributed by atoms with Crippen LogP contribution in [-0.2, 0) is 13.0 Å². The highest BCUT2D eigenvalue weighted by molar-refractivity contribution is 6.14. The van der Waals surface area contributed by atoms with Crippen molar-refractivity contribution in [3.8, 4) is 17.2 Å². The minimum Gasteiger partial charge on any atom is -0.508 e. The van der Waals surface area contributed by atoms with E-state index in [0.717, 1.165) is 12.8 Å². The average Bonchev–Trinajstić information content (AvgIpc) is 3.16. The molecule has 2 aromatic rings. The second-order valence-corrected chi connectivity index (χ2v) is 10.6. The van der Waals surface area contributed by atoms with E-state index < -0.39 is 23.6 Å². The Kier molecular flexibility index (Phi) is 7.56. The van der Waals surface area contributed by atoms with Crippen LogP contribution in [0.15, 0.2) is 47.6 Å². The molecule has 2 unspecified atom stereocenters. The summed E-state index contributed by atoms with van der Waals surface area (Å²) in [6.45, 7) is 8.03. The number of allylic oxidation sites excluding steroid dienone is 4. The Bertz CT molecular complexity index is 1340. The smallest absolute Gasteiger partial charge is 0.337 e. The van der Waals surface area contributed by atoms with Crippen LogP contribution in [0.2, 0.25) is 0 Å². The van der Waals surface area contributed by atoms with Crippen molar-refractivity contribution >= 4 is 17.6 Å². The highest BCUT2D eigenvalue weighted by Crippen LogP contribution is 2.48. The van der Waals surface area contributed by atoms with Crippen molar-refractivity contribution in [1.29, 1.82) is 0 Å². The molecule has 2 aliphatic heterocycles. The Balaban J connectivity index is 1.62. The van der Waals surface area contributed by atoms with Gasteiger partial charge in [0.05, 0.1) is 23.8 Å². The Morgan fingerprint density at radius 3 is 2.55 bits per heavy atom. The van der Waals surface area contributed by atoms with Gasteiger partial charge in [-0.15, -0.1) is 0 Å². The third-order valence-electron chi connectivity index (χ3n) is 7.43. The molecule has 0 aromatic heterocycles. The van der Waals surface area contributed by atoms with E-state index >= 15 is 0 Å². The van der Waals surface area contributed by atoms with Crippen molar-refractivity contribution in [2.45, 2.75) is 78.0 Å². The molecule has 0 aliphatic carbocycles. The molecule has 38 heavy (non-hydrogen) atoms. The molecule has 0 bridgehead atoms. The molecule has 2 aliphatic rings. The highest BCUT2D eigenvalue weighted by atomic mass is 16.5. The van der Waals surface area contributed by atoms with Crippen LogP contribution >= 0.6 is 0 Å². The Morgan fingerprint density at radius 2 is 1.87 bits per heavy atom. The van der Waals surface area contributed by atoms with E-state index in [1.165, 1.54) is 40.3 Å². The molecule has 0 radical (unpaired) electrons. The molecule has 8 nitrogen and oxygen atoms in total. The molecule has 2 aromatic carbocycles. The molecule has 202 valence electrons. The van der Waals surface area contributed by atoms with Crippen LogP contribution in [0.1, 0.15) is 85.2 Å². The second kappa shape index (κ2) is 10.5. The van der Waals surface area contributed by atoms with Gasteiger partial charge < -0.3 is 25.2 Å². The van der Waals surface area contributed by atoms with Crippen molar-refractivity contribution in [3.05, 3.63) is 69.8 Å². The standard InChI is InChI=1S/C30H35NO7/c1-17(2)8-5-9-18(3)10-7-13-30(4)25(34)15-21-24(33)14-20-22(27(21)38-30)16-31(28(20)35)26-19(29(36)37)11-6-12-23(26)32/h6,8,10-12,14,25,32-34H,5,7,9,13,15-16H2,1-4H3,(H,36,37). The van der Waals surface area contributed by atoms with Crippen LogP contribution < -0.4 is 9.64 Å². The number of aromatic carboxylic acids is 1. The first kappa shape index (κ1) is 27.3. The summed E-state index contributed by atoms with van der Waals surface area (Å²) in [6, 6.07) is 5.37. The number of hydrogen-bond acceptors (Lipinski definition) is 6. The first-order valence-corrected chi connectivity index (χ1v) is 12.8. The molecule has 0 saturated carbocycles. The SMILES string of the molecule is CC(C)=CCCC(C)=CCCC1(C)Oc2c(c(O)cc3c2CN(c2c(O)cccc2C(=O)O)C3=O)CC1O. The molecule has 4 N–H and O–H groups in total. The van der Waals surface area contributed by atoms with E-state index in [2.05, 4.69) is 32.9 Å². The summed E-state index contributed by atoms with van der Waals surface area (Å²) < 4.78 is 6.38. The summed E-state index contributed by atoms with van der Waals surface area (Å²) in [6.07, 6.45) is 6.79. The Labute approximate surface area is 222 Å². The van der Waals surface area contributed by atoms with E-state index in [0.29, 0.717) is 29.7 Å². The van der Waals surface area contributed by atoms with Gasteiger partial charge in [0.1, 0.15) is 28.5 Å². The number of phenolic OH excluding ortho intramolecular Hbond substituents is 2. The normalized spacial score (nSPS) is 20.6. The van der Waals surface area contributed by atoms with Gasteiger partial charge in [0.2, 0.25) is 0 Å². The zero-order chi connectivity index (χ0) is 27.8. The maximum absolute atomic E-state index is 13.4. The van der Waals surface area contributed by atoms with Gasteiger partial charge >= 0.3 is 5.97 Å². The predicted molar refractivity (Wildman–Crippen MR) is 144 cm³/mol. The highest BCUT2D eigenvalue weighted by Gasteiger charge is 2.45. The van der Waals surface area contributed by atoms with Crippen LogP contribution in [0.4, 0.5) is 5.69 Å². The van der Waals surface area contributed by atoms with E-state index in [9.17, 15) is 30.0 Å². The molecule has 0 saturated heterocycles. The number of amides is 1. The molecule has 0 fully saturated rings. The monoisotopic (exact) mass is 521 g/mol. The van der Waals surface area contributed by atoms with Crippen molar-refractivity contribution in [3.63, 3.8) is 0 Å². The van der Waals surface area contributed by atoms with Crippen molar-refractivity contribution in [2.24, 2.45) is 0 Å². The number of ether oxygens (including phenoxy) is 1. The number of aliphatic hydroxyl groups excluding tert-OH is 1. The Morgan fingerprint density at radius 1 is 1.13 bits per heavy atom. The van der Waals surface area contributed by atoms with E-state index in [1.54, 1.807) is 0 Å². The first-order chi connectivity index (χ1) is 17.9. The van der Waals surface area contributed by atoms with Crippen LogP contribution in [0, 0.1) is 0 Å². The first-order valence-electron chi connectivity index (χ1n) is 12.8. The maximum Gasteiger partial charge on any atom is 0.337 e. The maximum atomic E-state index is 13.4. The van der Waals surface area contributed by atoms with Gasteiger partial charge in [-0.25, -0.2) is 4.79 Å². The van der Waals surface area contributed by atoms with Gasteiger partial charge in [0.15, 0.2) is 0 Å². The molecular formula is C30H35NO7. The summed E-state index contributed by atoms with van der Waals surface area (Å²) in [5.74, 6) is -1.99. The number of anilines is 1. The van der Waals surface area contributed by atoms with Gasteiger partial charge in [-0.1, -0.05) is 29.4 Å². The summed E-state index contributed by atoms with van der Waals surface area (Å²) in [5, 5.41) is 41.8. The summed E-state index contributed by atoms with van der Waals surface area (Å²) in [5.41, 5.74) is 2.35. The third kappa shape index (κ3) is 5.13. The molecular weight excluding hydrogens is 486 g/mol. The van der Waals surface area contributed by atoms with Crippen LogP contribution in [0.3, 0.4) is 0 Å². The lowest BCUT2D eigenvalue weighted by molar-refractivity contribution is -0.0597. The molecule has 2 heterocycles. The number of fused-ring (bicyclic) bond motifs is 3. The number of para-hydroxylation sites is 1. The molecule has 1 amide bonds. The van der Waals surface area contributed by atoms with Crippen molar-refractivity contribution < 1.29 is 34.8 Å². The number of carbonyl (C=O) groups is 2. The number of aliphatic hydroxyl groups is 1. The van der Waals surface area contributed by atoms with Gasteiger partial charge in [-0.05, 0) is 71.6 Å². The lowest BCUT2D eigenvalue weighted by Crippen LogP contribution is -2.49. The van der Waals surface area contributed by atoms with Crippen LogP contribution in [-0.4, -0.2) is 44.0 Å². The van der Waals surface area contributed by atoms with Crippen LogP contribution in [0.5, 0.6) is 17.2 Å². The van der Waals surface area contributed by atoms with Gasteiger partial charge in [-0.3, -0.25) is 9.69 Å². The van der Waals surface area contributed by atoms with E-state index in [1.807, 2.05) is 6.92 Å². The topological polar surface area (TPSA) is 128 Å². The summed E-state index contributed by atoms with van der Waals surface area (Å²) in [4.78, 5) is 26.4. The molecule has 8 heteroatoms. The van der Waals surface area contributed by atoms with Gasteiger partial charge in [0, 0.05) is 17.5 Å². The summed E-state index contributed by atoms with van der Waals surface area (Å²) >= 11 is 0. The zero-order valence-corrected chi connectivity index (χ0v) is 22.2. The summed E-state index contributed by atoms with van der Waals surface area (Å²) in [7, 11) is 0. The average molecular weight is 522 g/mol. The Hall–Kier alpha value is -3.78. The molecule has 4 rings (SSSR count).